The van der Waals surface area contributed by atoms with Crippen LogP contribution in [0.25, 0.3) is 0 Å². The fourth-order valence-electron chi connectivity index (χ4n) is 3.79. The van der Waals surface area contributed by atoms with E-state index in [0.717, 1.165) is 30.8 Å². The van der Waals surface area contributed by atoms with Crippen molar-refractivity contribution in [1.29, 1.82) is 0 Å². The van der Waals surface area contributed by atoms with Gasteiger partial charge in [-0.25, -0.2) is 9.18 Å². The lowest BCUT2D eigenvalue weighted by Crippen LogP contribution is -2.47. The third-order valence-corrected chi connectivity index (χ3v) is 5.64. The zero-order chi connectivity index (χ0) is 20.3. The second-order valence-corrected chi connectivity index (χ2v) is 7.59. The van der Waals surface area contributed by atoms with Crippen molar-refractivity contribution in [2.75, 3.05) is 32.7 Å². The average molecular weight is 390 g/mol. The van der Waals surface area contributed by atoms with Gasteiger partial charge in [0.25, 0.3) is 5.91 Å². The number of nitrogens with zero attached hydrogens (tertiary/aromatic N) is 2. The molecule has 4 amide bonds. The minimum Gasteiger partial charge on any atom is -0.341 e. The molecule has 1 unspecified atom stereocenters. The number of nitrogens with one attached hydrogen (secondary N) is 2. The maximum atomic E-state index is 13.2. The summed E-state index contributed by atoms with van der Waals surface area (Å²) in [5, 5.41) is 5.97. The first kappa shape index (κ1) is 20.3. The molecule has 2 saturated heterocycles. The summed E-state index contributed by atoms with van der Waals surface area (Å²) in [6.45, 7) is 6.49. The van der Waals surface area contributed by atoms with Crippen molar-refractivity contribution in [3.05, 3.63) is 35.6 Å². The molecule has 0 spiro atoms. The van der Waals surface area contributed by atoms with Gasteiger partial charge in [0.2, 0.25) is 5.91 Å². The number of carbonyl (C=O) groups excluding carboxylic acids is 3. The molecule has 1 aromatic rings. The van der Waals surface area contributed by atoms with Crippen molar-refractivity contribution < 1.29 is 18.8 Å². The molecule has 8 heteroatoms. The molecule has 0 aromatic heterocycles. The SMILES string of the molecule is CCNCC1CCN(C(=O)CN2C(=O)NC(C)(c3ccc(F)cc3)C2=O)CC1. The number of likely N-dealkylation sites (tertiary alicyclic amines) is 1. The maximum Gasteiger partial charge on any atom is 0.325 e. The van der Waals surface area contributed by atoms with Gasteiger partial charge in [0, 0.05) is 13.1 Å². The van der Waals surface area contributed by atoms with E-state index in [1.807, 2.05) is 0 Å². The number of amides is 4. The molecule has 0 aliphatic carbocycles. The molecule has 2 aliphatic heterocycles. The van der Waals surface area contributed by atoms with Crippen LogP contribution in [-0.4, -0.2) is 60.4 Å². The third kappa shape index (κ3) is 4.01. The Morgan fingerprint density at radius 1 is 1.25 bits per heavy atom. The Balaban J connectivity index is 1.61. The van der Waals surface area contributed by atoms with Crippen LogP contribution >= 0.6 is 0 Å². The fraction of sp³-hybridized carbons (Fsp3) is 0.550. The first-order valence-corrected chi connectivity index (χ1v) is 9.73. The van der Waals surface area contributed by atoms with E-state index in [1.165, 1.54) is 24.3 Å². The lowest BCUT2D eigenvalue weighted by molar-refractivity contribution is -0.139. The number of benzene rings is 1. The number of imide groups is 1. The van der Waals surface area contributed by atoms with Crippen molar-refractivity contribution in [1.82, 2.24) is 20.4 Å². The number of piperidine rings is 1. The van der Waals surface area contributed by atoms with E-state index >= 15 is 0 Å². The Hall–Kier alpha value is -2.48. The highest BCUT2D eigenvalue weighted by atomic mass is 19.1. The molecular weight excluding hydrogens is 363 g/mol. The van der Waals surface area contributed by atoms with E-state index in [1.54, 1.807) is 11.8 Å². The van der Waals surface area contributed by atoms with Gasteiger partial charge in [-0.2, -0.15) is 0 Å². The van der Waals surface area contributed by atoms with E-state index in [2.05, 4.69) is 17.6 Å². The summed E-state index contributed by atoms with van der Waals surface area (Å²) in [5.41, 5.74) is -0.824. The topological polar surface area (TPSA) is 81.8 Å². The van der Waals surface area contributed by atoms with Gasteiger partial charge in [0.05, 0.1) is 0 Å². The third-order valence-electron chi connectivity index (χ3n) is 5.64. The summed E-state index contributed by atoms with van der Waals surface area (Å²) in [6, 6.07) is 4.81. The summed E-state index contributed by atoms with van der Waals surface area (Å²) < 4.78 is 13.2. The summed E-state index contributed by atoms with van der Waals surface area (Å²) in [4.78, 5) is 40.6. The van der Waals surface area contributed by atoms with Crippen LogP contribution in [-0.2, 0) is 15.1 Å². The zero-order valence-corrected chi connectivity index (χ0v) is 16.3. The van der Waals surface area contributed by atoms with E-state index in [-0.39, 0.29) is 12.5 Å². The van der Waals surface area contributed by atoms with Crippen LogP contribution in [0.15, 0.2) is 24.3 Å². The van der Waals surface area contributed by atoms with Crippen molar-refractivity contribution in [2.24, 2.45) is 5.92 Å². The van der Waals surface area contributed by atoms with Crippen molar-refractivity contribution in [3.63, 3.8) is 0 Å². The van der Waals surface area contributed by atoms with Gasteiger partial charge in [-0.15, -0.1) is 0 Å². The second-order valence-electron chi connectivity index (χ2n) is 7.59. The fourth-order valence-corrected chi connectivity index (χ4v) is 3.79. The van der Waals surface area contributed by atoms with Crippen LogP contribution in [0.1, 0.15) is 32.3 Å². The first-order valence-electron chi connectivity index (χ1n) is 9.73. The Bertz CT molecular complexity index is 746. The molecule has 2 fully saturated rings. The van der Waals surface area contributed by atoms with Crippen LogP contribution in [0.3, 0.4) is 0 Å². The molecule has 3 rings (SSSR count). The van der Waals surface area contributed by atoms with Crippen LogP contribution in [0.2, 0.25) is 0 Å². The molecule has 2 aliphatic rings. The summed E-state index contributed by atoms with van der Waals surface area (Å²) in [5.74, 6) is -0.607. The van der Waals surface area contributed by atoms with Crippen LogP contribution < -0.4 is 10.6 Å². The largest absolute Gasteiger partial charge is 0.341 e. The number of urea groups is 1. The van der Waals surface area contributed by atoms with Gasteiger partial charge < -0.3 is 15.5 Å². The molecule has 152 valence electrons. The molecule has 0 saturated carbocycles. The lowest BCUT2D eigenvalue weighted by Gasteiger charge is -2.33. The van der Waals surface area contributed by atoms with E-state index in [4.69, 9.17) is 0 Å². The van der Waals surface area contributed by atoms with Gasteiger partial charge in [-0.3, -0.25) is 14.5 Å². The quantitative estimate of drug-likeness (QED) is 0.721. The Morgan fingerprint density at radius 3 is 2.50 bits per heavy atom. The average Bonchev–Trinajstić information content (AvgIpc) is 2.91. The van der Waals surface area contributed by atoms with Gasteiger partial charge >= 0.3 is 6.03 Å². The second kappa shape index (κ2) is 8.26. The highest BCUT2D eigenvalue weighted by molar-refractivity contribution is 6.09. The molecule has 0 radical (unpaired) electrons. The summed E-state index contributed by atoms with van der Waals surface area (Å²) in [6.07, 6.45) is 1.82. The number of carbonyl (C=O) groups is 3. The molecule has 1 aromatic carbocycles. The Labute approximate surface area is 164 Å². The number of halogens is 1. The predicted octanol–water partition coefficient (Wildman–Crippen LogP) is 1.44. The molecule has 1 atom stereocenters. The molecule has 7 nitrogen and oxygen atoms in total. The number of hydrogen-bond donors (Lipinski definition) is 2. The molecular formula is C20H27FN4O3. The normalized spacial score (nSPS) is 23.2. The van der Waals surface area contributed by atoms with Crippen molar-refractivity contribution in [2.45, 2.75) is 32.2 Å². The maximum absolute atomic E-state index is 13.2. The first-order chi connectivity index (χ1) is 13.3. The van der Waals surface area contributed by atoms with Crippen LogP contribution in [0, 0.1) is 11.7 Å². The van der Waals surface area contributed by atoms with Crippen LogP contribution in [0.5, 0.6) is 0 Å². The highest BCUT2D eigenvalue weighted by Crippen LogP contribution is 2.29. The highest BCUT2D eigenvalue weighted by Gasteiger charge is 2.49. The molecule has 2 N–H and O–H groups in total. The smallest absolute Gasteiger partial charge is 0.325 e. The van der Waals surface area contributed by atoms with Gasteiger partial charge in [-0.1, -0.05) is 19.1 Å². The van der Waals surface area contributed by atoms with E-state index < -0.39 is 23.3 Å². The summed E-state index contributed by atoms with van der Waals surface area (Å²) in [7, 11) is 0. The molecule has 28 heavy (non-hydrogen) atoms. The summed E-state index contributed by atoms with van der Waals surface area (Å²) >= 11 is 0. The van der Waals surface area contributed by atoms with Gasteiger partial charge in [0.15, 0.2) is 0 Å². The minimum atomic E-state index is -1.30. The molecule has 0 bridgehead atoms. The predicted molar refractivity (Wildman–Crippen MR) is 102 cm³/mol. The zero-order valence-electron chi connectivity index (χ0n) is 16.3. The van der Waals surface area contributed by atoms with E-state index in [0.29, 0.717) is 24.6 Å². The van der Waals surface area contributed by atoms with E-state index in [9.17, 15) is 18.8 Å². The number of rotatable bonds is 6. The Kier molecular flexibility index (Phi) is 5.98. The number of hydrogen-bond acceptors (Lipinski definition) is 4. The van der Waals surface area contributed by atoms with Crippen LogP contribution in [0.4, 0.5) is 9.18 Å². The lowest BCUT2D eigenvalue weighted by atomic mass is 9.92. The molecule has 2 heterocycles. The standard InChI is InChI=1S/C20H27FN4O3/c1-3-22-12-14-8-10-24(11-9-14)17(26)13-25-18(27)20(2,23-19(25)28)15-4-6-16(21)7-5-15/h4-7,14,22H,3,8-13H2,1-2H3,(H,23,28). The minimum absolute atomic E-state index is 0.228. The Morgan fingerprint density at radius 2 is 1.89 bits per heavy atom. The van der Waals surface area contributed by atoms with Gasteiger partial charge in [0.1, 0.15) is 17.9 Å². The van der Waals surface area contributed by atoms with Gasteiger partial charge in [-0.05, 0) is 56.5 Å². The monoisotopic (exact) mass is 390 g/mol. The van der Waals surface area contributed by atoms with Crippen molar-refractivity contribution >= 4 is 17.8 Å². The van der Waals surface area contributed by atoms with Crippen molar-refractivity contribution in [3.8, 4) is 0 Å².